The second-order valence-corrected chi connectivity index (χ2v) is 4.53. The van der Waals surface area contributed by atoms with Gasteiger partial charge in [0, 0.05) is 24.9 Å². The zero-order valence-electron chi connectivity index (χ0n) is 11.2. The molecule has 0 atom stereocenters. The topological polar surface area (TPSA) is 90.2 Å². The number of hydrogen-bond acceptors (Lipinski definition) is 6. The molecule has 0 amide bonds. The van der Waals surface area contributed by atoms with Crippen LogP contribution in [-0.4, -0.2) is 21.4 Å². The van der Waals surface area contributed by atoms with Crippen LogP contribution in [-0.2, 0) is 0 Å². The van der Waals surface area contributed by atoms with Crippen molar-refractivity contribution in [2.45, 2.75) is 13.3 Å². The lowest BCUT2D eigenvalue weighted by Crippen LogP contribution is -2.04. The van der Waals surface area contributed by atoms with Crippen LogP contribution in [0.5, 0.6) is 11.6 Å². The molecular formula is C13H13ClN4O3. The number of ether oxygens (including phenoxy) is 1. The Kier molecular flexibility index (Phi) is 4.89. The Balaban J connectivity index is 2.21. The van der Waals surface area contributed by atoms with Crippen molar-refractivity contribution in [1.29, 1.82) is 0 Å². The first kappa shape index (κ1) is 15.0. The Morgan fingerprint density at radius 3 is 2.95 bits per heavy atom. The molecule has 0 bridgehead atoms. The smallest absolute Gasteiger partial charge is 0.273 e. The number of non-ortho nitro benzene ring substituents is 1. The monoisotopic (exact) mass is 308 g/mol. The third-order valence-corrected chi connectivity index (χ3v) is 2.82. The molecule has 0 aliphatic heterocycles. The summed E-state index contributed by atoms with van der Waals surface area (Å²) in [6, 6.07) is 5.52. The fourth-order valence-corrected chi connectivity index (χ4v) is 1.67. The number of nitro benzene ring substituents is 1. The molecular weight excluding hydrogens is 296 g/mol. The summed E-state index contributed by atoms with van der Waals surface area (Å²) >= 11 is 5.97. The van der Waals surface area contributed by atoms with Crippen molar-refractivity contribution >= 4 is 23.2 Å². The SMILES string of the molecule is CCCNc1nccc(Oc2cc([N+](=O)[O-])ccc2Cl)n1. The fourth-order valence-electron chi connectivity index (χ4n) is 1.52. The second-order valence-electron chi connectivity index (χ2n) is 4.12. The molecule has 0 aliphatic carbocycles. The number of rotatable bonds is 6. The Hall–Kier alpha value is -2.41. The van der Waals surface area contributed by atoms with Crippen LogP contribution in [0.2, 0.25) is 5.02 Å². The number of nitrogens with zero attached hydrogens (tertiary/aromatic N) is 3. The van der Waals surface area contributed by atoms with Crippen molar-refractivity contribution < 1.29 is 9.66 Å². The first-order valence-corrected chi connectivity index (χ1v) is 6.66. The van der Waals surface area contributed by atoms with Gasteiger partial charge in [-0.2, -0.15) is 4.98 Å². The summed E-state index contributed by atoms with van der Waals surface area (Å²) in [4.78, 5) is 18.4. The van der Waals surface area contributed by atoms with E-state index in [4.69, 9.17) is 16.3 Å². The average Bonchev–Trinajstić information content (AvgIpc) is 2.47. The molecule has 0 spiro atoms. The zero-order chi connectivity index (χ0) is 15.2. The molecule has 1 aromatic heterocycles. The highest BCUT2D eigenvalue weighted by molar-refractivity contribution is 6.32. The minimum Gasteiger partial charge on any atom is -0.437 e. The molecule has 0 fully saturated rings. The summed E-state index contributed by atoms with van der Waals surface area (Å²) in [5.74, 6) is 0.855. The predicted octanol–water partition coefficient (Wildman–Crippen LogP) is 3.65. The van der Waals surface area contributed by atoms with Crippen molar-refractivity contribution in [3.8, 4) is 11.6 Å². The van der Waals surface area contributed by atoms with Gasteiger partial charge in [0.15, 0.2) is 5.75 Å². The molecule has 0 unspecified atom stereocenters. The highest BCUT2D eigenvalue weighted by Crippen LogP contribution is 2.32. The molecule has 0 saturated heterocycles. The molecule has 8 heteroatoms. The van der Waals surface area contributed by atoms with Crippen LogP contribution < -0.4 is 10.1 Å². The summed E-state index contributed by atoms with van der Waals surface area (Å²) in [7, 11) is 0. The maximum Gasteiger partial charge on any atom is 0.273 e. The molecule has 0 radical (unpaired) electrons. The lowest BCUT2D eigenvalue weighted by molar-refractivity contribution is -0.384. The molecule has 1 N–H and O–H groups in total. The third kappa shape index (κ3) is 4.03. The van der Waals surface area contributed by atoms with Crippen molar-refractivity contribution in [3.05, 3.63) is 45.6 Å². The Bertz CT molecular complexity index is 651. The Labute approximate surface area is 126 Å². The number of hydrogen-bond donors (Lipinski definition) is 1. The summed E-state index contributed by atoms with van der Waals surface area (Å²) in [6.07, 6.45) is 2.47. The van der Waals surface area contributed by atoms with Gasteiger partial charge in [-0.05, 0) is 12.5 Å². The predicted molar refractivity (Wildman–Crippen MR) is 79.0 cm³/mol. The van der Waals surface area contributed by atoms with Crippen LogP contribution in [0, 0.1) is 10.1 Å². The zero-order valence-corrected chi connectivity index (χ0v) is 12.0. The lowest BCUT2D eigenvalue weighted by Gasteiger charge is -2.08. The van der Waals surface area contributed by atoms with Crippen molar-refractivity contribution in [2.24, 2.45) is 0 Å². The van der Waals surface area contributed by atoms with Gasteiger partial charge in [-0.1, -0.05) is 18.5 Å². The van der Waals surface area contributed by atoms with Crippen LogP contribution in [0.3, 0.4) is 0 Å². The van der Waals surface area contributed by atoms with Gasteiger partial charge in [0.25, 0.3) is 5.69 Å². The number of aromatic nitrogens is 2. The van der Waals surface area contributed by atoms with Gasteiger partial charge in [0.1, 0.15) is 0 Å². The lowest BCUT2D eigenvalue weighted by atomic mass is 10.3. The fraction of sp³-hybridized carbons (Fsp3) is 0.231. The van der Waals surface area contributed by atoms with E-state index in [1.807, 2.05) is 6.92 Å². The van der Waals surface area contributed by atoms with E-state index in [0.717, 1.165) is 13.0 Å². The summed E-state index contributed by atoms with van der Waals surface area (Å²) in [6.45, 7) is 2.76. The van der Waals surface area contributed by atoms with Crippen LogP contribution in [0.1, 0.15) is 13.3 Å². The maximum atomic E-state index is 10.8. The van der Waals surface area contributed by atoms with Crippen LogP contribution >= 0.6 is 11.6 Å². The van der Waals surface area contributed by atoms with Gasteiger partial charge < -0.3 is 10.1 Å². The average molecular weight is 309 g/mol. The molecule has 2 aromatic rings. The molecule has 110 valence electrons. The standard InChI is InChI=1S/C13H13ClN4O3/c1-2-6-15-13-16-7-5-12(17-13)21-11-8-9(18(19)20)3-4-10(11)14/h3-5,7-8H,2,6H2,1H3,(H,15,16,17). The largest absolute Gasteiger partial charge is 0.437 e. The quantitative estimate of drug-likeness (QED) is 0.647. The van der Waals surface area contributed by atoms with Gasteiger partial charge in [0.2, 0.25) is 11.8 Å². The molecule has 7 nitrogen and oxygen atoms in total. The first-order chi connectivity index (χ1) is 10.1. The van der Waals surface area contributed by atoms with Crippen molar-refractivity contribution in [1.82, 2.24) is 9.97 Å². The second kappa shape index (κ2) is 6.85. The van der Waals surface area contributed by atoms with Crippen LogP contribution in [0.15, 0.2) is 30.5 Å². The number of nitro groups is 1. The third-order valence-electron chi connectivity index (χ3n) is 2.50. The Morgan fingerprint density at radius 2 is 2.24 bits per heavy atom. The number of nitrogens with one attached hydrogen (secondary N) is 1. The highest BCUT2D eigenvalue weighted by atomic mass is 35.5. The minimum absolute atomic E-state index is 0.104. The van der Waals surface area contributed by atoms with E-state index in [1.54, 1.807) is 6.07 Å². The highest BCUT2D eigenvalue weighted by Gasteiger charge is 2.12. The molecule has 2 rings (SSSR count). The van der Waals surface area contributed by atoms with Gasteiger partial charge in [0.05, 0.1) is 16.0 Å². The van der Waals surface area contributed by atoms with E-state index in [9.17, 15) is 10.1 Å². The van der Waals surface area contributed by atoms with Gasteiger partial charge >= 0.3 is 0 Å². The number of anilines is 1. The minimum atomic E-state index is -0.516. The van der Waals surface area contributed by atoms with E-state index < -0.39 is 4.92 Å². The van der Waals surface area contributed by atoms with E-state index in [1.165, 1.54) is 24.4 Å². The Morgan fingerprint density at radius 1 is 1.43 bits per heavy atom. The van der Waals surface area contributed by atoms with E-state index in [2.05, 4.69) is 15.3 Å². The maximum absolute atomic E-state index is 10.8. The van der Waals surface area contributed by atoms with Gasteiger partial charge in [-0.3, -0.25) is 10.1 Å². The molecule has 21 heavy (non-hydrogen) atoms. The molecule has 0 saturated carbocycles. The number of benzene rings is 1. The van der Waals surface area contributed by atoms with E-state index in [-0.39, 0.29) is 22.3 Å². The van der Waals surface area contributed by atoms with Gasteiger partial charge in [-0.15, -0.1) is 0 Å². The summed E-state index contributed by atoms with van der Waals surface area (Å²) in [5, 5.41) is 14.0. The summed E-state index contributed by atoms with van der Waals surface area (Å²) in [5.41, 5.74) is -0.104. The number of halogens is 1. The van der Waals surface area contributed by atoms with Crippen molar-refractivity contribution in [2.75, 3.05) is 11.9 Å². The van der Waals surface area contributed by atoms with E-state index in [0.29, 0.717) is 5.95 Å². The molecule has 1 aromatic carbocycles. The molecule has 1 heterocycles. The summed E-state index contributed by atoms with van der Waals surface area (Å²) < 4.78 is 5.49. The van der Waals surface area contributed by atoms with E-state index >= 15 is 0 Å². The van der Waals surface area contributed by atoms with Crippen molar-refractivity contribution in [3.63, 3.8) is 0 Å². The molecule has 0 aliphatic rings. The first-order valence-electron chi connectivity index (χ1n) is 6.29. The normalized spacial score (nSPS) is 10.2. The van der Waals surface area contributed by atoms with Crippen LogP contribution in [0.4, 0.5) is 11.6 Å². The van der Waals surface area contributed by atoms with Gasteiger partial charge in [-0.25, -0.2) is 4.98 Å². The van der Waals surface area contributed by atoms with Crippen LogP contribution in [0.25, 0.3) is 0 Å².